The Morgan fingerprint density at radius 1 is 1.19 bits per heavy atom. The zero-order valence-electron chi connectivity index (χ0n) is 24.6. The number of urea groups is 1. The van der Waals surface area contributed by atoms with Gasteiger partial charge in [-0.15, -0.1) is 11.8 Å². The maximum absolute atomic E-state index is 14.7. The number of Topliss-reactive ketones (excluding diaryl/α,β-unsaturated/α-hetero) is 1. The largest absolute Gasteiger partial charge is 0.444 e. The molecule has 0 aromatic heterocycles. The minimum Gasteiger partial charge on any atom is -0.444 e. The van der Waals surface area contributed by atoms with Crippen LogP contribution < -0.4 is 16.0 Å². The standard InChI is InChI=1S/C30H40N4O7S2/c1-3-4-14-29(23(36)12-8-9-15-30(25(37)33-29)24-22(19-43-30)31-27(39)32-24)26(38)34(21(17-35)13-16-42-2)28(40)41-18-20-10-6-5-7-11-20/h5-7,10-11,17,21-22,24H,3-4,8-9,12-16,18-19H2,1-2H3,(H,33,37)(H2,31,32,39)/t21-,22-,24-,29?,30-/m0/s1. The molecule has 13 heteroatoms. The molecule has 3 aliphatic rings. The summed E-state index contributed by atoms with van der Waals surface area (Å²) < 4.78 is 4.43. The predicted octanol–water partition coefficient (Wildman–Crippen LogP) is 3.20. The highest BCUT2D eigenvalue weighted by molar-refractivity contribution is 8.01. The molecule has 0 aliphatic carbocycles. The normalized spacial score (nSPS) is 27.5. The molecule has 0 saturated carbocycles. The molecule has 3 fully saturated rings. The van der Waals surface area contributed by atoms with E-state index >= 15 is 0 Å². The summed E-state index contributed by atoms with van der Waals surface area (Å²) in [6.07, 6.45) is 3.84. The Morgan fingerprint density at radius 3 is 2.65 bits per heavy atom. The number of carbonyl (C=O) groups is 6. The van der Waals surface area contributed by atoms with Gasteiger partial charge in [0.25, 0.3) is 5.91 Å². The number of hydrogen-bond donors (Lipinski definition) is 3. The fraction of sp³-hybridized carbons (Fsp3) is 0.600. The molecule has 3 aliphatic heterocycles. The molecule has 1 aromatic carbocycles. The maximum atomic E-state index is 14.7. The molecule has 234 valence electrons. The molecule has 1 aromatic rings. The zero-order valence-corrected chi connectivity index (χ0v) is 26.2. The topological polar surface area (TPSA) is 151 Å². The average molecular weight is 633 g/mol. The molecule has 4 rings (SSSR count). The first-order valence-electron chi connectivity index (χ1n) is 14.8. The fourth-order valence-electron chi connectivity index (χ4n) is 6.03. The molecule has 1 unspecified atom stereocenters. The maximum Gasteiger partial charge on any atom is 0.417 e. The van der Waals surface area contributed by atoms with E-state index in [2.05, 4.69) is 16.0 Å². The van der Waals surface area contributed by atoms with Crippen molar-refractivity contribution in [1.29, 1.82) is 0 Å². The second-order valence-corrected chi connectivity index (χ2v) is 13.5. The summed E-state index contributed by atoms with van der Waals surface area (Å²) in [6, 6.07) is 6.57. The van der Waals surface area contributed by atoms with Gasteiger partial charge in [0.1, 0.15) is 17.6 Å². The van der Waals surface area contributed by atoms with Gasteiger partial charge in [-0.3, -0.25) is 14.4 Å². The molecule has 3 heterocycles. The number of unbranched alkanes of at least 4 members (excludes halogenated alkanes) is 1. The lowest BCUT2D eigenvalue weighted by atomic mass is 9.83. The lowest BCUT2D eigenvalue weighted by molar-refractivity contribution is -0.150. The van der Waals surface area contributed by atoms with Crippen LogP contribution in [0.5, 0.6) is 0 Å². The second kappa shape index (κ2) is 14.6. The van der Waals surface area contributed by atoms with Gasteiger partial charge in [0.2, 0.25) is 5.91 Å². The zero-order chi connectivity index (χ0) is 31.0. The number of hydrogen-bond acceptors (Lipinski definition) is 9. The quantitative estimate of drug-likeness (QED) is 0.190. The lowest BCUT2D eigenvalue weighted by Gasteiger charge is -2.40. The highest BCUT2D eigenvalue weighted by atomic mass is 32.2. The average Bonchev–Trinajstić information content (AvgIpc) is 3.56. The first kappa shape index (κ1) is 32.8. The molecule has 3 saturated heterocycles. The lowest BCUT2D eigenvalue weighted by Crippen LogP contribution is -2.69. The third-order valence-electron chi connectivity index (χ3n) is 8.42. The Kier molecular flexibility index (Phi) is 11.2. The van der Waals surface area contributed by atoms with Crippen LogP contribution in [0.25, 0.3) is 0 Å². The summed E-state index contributed by atoms with van der Waals surface area (Å²) in [6.45, 7) is 1.76. The number of nitrogens with zero attached hydrogens (tertiary/aromatic N) is 1. The Bertz CT molecular complexity index is 1220. The number of benzene rings is 1. The van der Waals surface area contributed by atoms with Crippen LogP contribution >= 0.6 is 23.5 Å². The van der Waals surface area contributed by atoms with E-state index in [-0.39, 0.29) is 37.9 Å². The number of nitrogens with one attached hydrogen (secondary N) is 3. The van der Waals surface area contributed by atoms with Gasteiger partial charge in [-0.25, -0.2) is 14.5 Å². The summed E-state index contributed by atoms with van der Waals surface area (Å²) in [5, 5.41) is 8.58. The van der Waals surface area contributed by atoms with E-state index in [0.29, 0.717) is 55.5 Å². The van der Waals surface area contributed by atoms with Crippen LogP contribution in [0.3, 0.4) is 0 Å². The highest BCUT2D eigenvalue weighted by Crippen LogP contribution is 2.45. The molecular weight excluding hydrogens is 592 g/mol. The molecule has 0 bridgehead atoms. The van der Waals surface area contributed by atoms with Gasteiger partial charge in [-0.2, -0.15) is 11.8 Å². The Labute approximate surface area is 260 Å². The summed E-state index contributed by atoms with van der Waals surface area (Å²) >= 11 is 2.85. The smallest absolute Gasteiger partial charge is 0.417 e. The van der Waals surface area contributed by atoms with Crippen LogP contribution in [0.15, 0.2) is 30.3 Å². The van der Waals surface area contributed by atoms with Gasteiger partial charge in [0, 0.05) is 12.2 Å². The molecule has 0 radical (unpaired) electrons. The van der Waals surface area contributed by atoms with Crippen molar-refractivity contribution < 1.29 is 33.5 Å². The van der Waals surface area contributed by atoms with Crippen molar-refractivity contribution in [2.24, 2.45) is 0 Å². The van der Waals surface area contributed by atoms with Crippen LogP contribution in [0.4, 0.5) is 9.59 Å². The number of aldehydes is 1. The summed E-state index contributed by atoms with van der Waals surface area (Å²) in [4.78, 5) is 82.0. The summed E-state index contributed by atoms with van der Waals surface area (Å²) in [5.41, 5.74) is -1.39. The predicted molar refractivity (Wildman–Crippen MR) is 165 cm³/mol. The third kappa shape index (κ3) is 6.87. The molecule has 5 amide bonds. The second-order valence-electron chi connectivity index (χ2n) is 11.2. The van der Waals surface area contributed by atoms with Gasteiger partial charge in [0.15, 0.2) is 11.3 Å². The number of carbonyl (C=O) groups excluding carboxylic acids is 6. The number of ether oxygens (including phenoxy) is 1. The van der Waals surface area contributed by atoms with Crippen LogP contribution in [-0.4, -0.2) is 87.1 Å². The number of amides is 5. The number of imide groups is 1. The van der Waals surface area contributed by atoms with Gasteiger partial charge in [-0.05, 0) is 43.3 Å². The van der Waals surface area contributed by atoms with Gasteiger partial charge in [-0.1, -0.05) is 56.5 Å². The Balaban J connectivity index is 1.74. The monoisotopic (exact) mass is 632 g/mol. The van der Waals surface area contributed by atoms with Crippen molar-refractivity contribution in [3.05, 3.63) is 35.9 Å². The van der Waals surface area contributed by atoms with Crippen LogP contribution in [0.1, 0.15) is 63.9 Å². The molecular formula is C30H40N4O7S2. The van der Waals surface area contributed by atoms with E-state index in [1.54, 1.807) is 24.3 Å². The van der Waals surface area contributed by atoms with Gasteiger partial charge >= 0.3 is 12.1 Å². The molecule has 11 nitrogen and oxygen atoms in total. The number of thioether (sulfide) groups is 2. The number of ketones is 1. The Morgan fingerprint density at radius 2 is 1.95 bits per heavy atom. The fourth-order valence-corrected chi connectivity index (χ4v) is 8.13. The van der Waals surface area contributed by atoms with Gasteiger partial charge < -0.3 is 25.5 Å². The van der Waals surface area contributed by atoms with E-state index < -0.39 is 46.1 Å². The van der Waals surface area contributed by atoms with Crippen LogP contribution in [0, 0.1) is 0 Å². The SMILES string of the molecule is CCCCC1(C(=O)N(C(=O)OCc2ccccc2)[C@H](C=O)CCSC)NC(=O)[C@@]2(CCCCC1=O)SC[C@@H]1NC(=O)N[C@@H]12. The van der Waals surface area contributed by atoms with Crippen molar-refractivity contribution in [1.82, 2.24) is 20.9 Å². The van der Waals surface area contributed by atoms with Gasteiger partial charge in [0.05, 0.1) is 18.1 Å². The van der Waals surface area contributed by atoms with E-state index in [1.807, 2.05) is 19.2 Å². The van der Waals surface area contributed by atoms with Crippen molar-refractivity contribution in [3.8, 4) is 0 Å². The highest BCUT2D eigenvalue weighted by Gasteiger charge is 2.61. The first-order chi connectivity index (χ1) is 20.7. The van der Waals surface area contributed by atoms with E-state index in [0.717, 1.165) is 4.90 Å². The van der Waals surface area contributed by atoms with E-state index in [4.69, 9.17) is 4.74 Å². The van der Waals surface area contributed by atoms with Crippen molar-refractivity contribution >= 4 is 59.5 Å². The van der Waals surface area contributed by atoms with Crippen LogP contribution in [-0.2, 0) is 30.5 Å². The molecule has 1 spiro atoms. The molecule has 5 atom stereocenters. The van der Waals surface area contributed by atoms with Crippen LogP contribution in [0.2, 0.25) is 0 Å². The number of rotatable bonds is 11. The van der Waals surface area contributed by atoms with E-state index in [9.17, 15) is 28.8 Å². The summed E-state index contributed by atoms with van der Waals surface area (Å²) in [7, 11) is 0. The van der Waals surface area contributed by atoms with Crippen molar-refractivity contribution in [2.75, 3.05) is 17.8 Å². The first-order valence-corrected chi connectivity index (χ1v) is 17.2. The third-order valence-corrected chi connectivity index (χ3v) is 10.7. The van der Waals surface area contributed by atoms with E-state index in [1.165, 1.54) is 23.5 Å². The van der Waals surface area contributed by atoms with Crippen molar-refractivity contribution in [2.45, 2.75) is 93.3 Å². The summed E-state index contributed by atoms with van der Waals surface area (Å²) in [5.74, 6) is -1.02. The Hall–Kier alpha value is -3.06. The minimum absolute atomic E-state index is 0.0126. The molecule has 3 N–H and O–H groups in total. The van der Waals surface area contributed by atoms with Crippen molar-refractivity contribution in [3.63, 3.8) is 0 Å². The molecule has 43 heavy (non-hydrogen) atoms. The number of fused-ring (bicyclic) bond motifs is 2. The minimum atomic E-state index is -2.08.